The zero-order valence-electron chi connectivity index (χ0n) is 15.5. The summed E-state index contributed by atoms with van der Waals surface area (Å²) in [6.45, 7) is 0. The maximum absolute atomic E-state index is 13.2. The van der Waals surface area contributed by atoms with Crippen LogP contribution in [0.25, 0.3) is 0 Å². The van der Waals surface area contributed by atoms with Crippen molar-refractivity contribution >= 4 is 10.0 Å². The molecule has 2 unspecified atom stereocenters. The molecule has 0 heterocycles. The standard InChI is InChI=1S/C18H28N2O5S/c1-23-14-9-15(24-2)18(16(10-14)25-3)26(21,22)20-17-11-5-4-6-12(17)8-13(19)7-11/h9-13,17,20H,4-8,19H2,1-3H3. The second-order valence-electron chi connectivity index (χ2n) is 7.19. The third kappa shape index (κ3) is 3.63. The van der Waals surface area contributed by atoms with E-state index in [9.17, 15) is 8.42 Å². The third-order valence-electron chi connectivity index (χ3n) is 5.61. The minimum absolute atomic E-state index is 0.0104. The molecular formula is C18H28N2O5S. The monoisotopic (exact) mass is 384 g/mol. The van der Waals surface area contributed by atoms with E-state index in [0.29, 0.717) is 5.75 Å². The molecule has 2 bridgehead atoms. The normalized spacial score (nSPS) is 28.5. The molecule has 0 aliphatic heterocycles. The van der Waals surface area contributed by atoms with Crippen molar-refractivity contribution in [2.24, 2.45) is 17.6 Å². The lowest BCUT2D eigenvalue weighted by Crippen LogP contribution is -2.53. The number of nitrogens with one attached hydrogen (secondary N) is 1. The lowest BCUT2D eigenvalue weighted by Gasteiger charge is -2.45. The van der Waals surface area contributed by atoms with Crippen LogP contribution in [0, 0.1) is 11.8 Å². The number of rotatable bonds is 6. The molecule has 3 N–H and O–H groups in total. The Balaban J connectivity index is 1.96. The van der Waals surface area contributed by atoms with Gasteiger partial charge >= 0.3 is 0 Å². The molecule has 2 saturated carbocycles. The molecule has 0 saturated heterocycles. The van der Waals surface area contributed by atoms with E-state index < -0.39 is 10.0 Å². The van der Waals surface area contributed by atoms with Crippen LogP contribution >= 0.6 is 0 Å². The van der Waals surface area contributed by atoms with Crippen LogP contribution in [0.15, 0.2) is 17.0 Å². The topological polar surface area (TPSA) is 99.9 Å². The van der Waals surface area contributed by atoms with Crippen LogP contribution < -0.4 is 24.7 Å². The van der Waals surface area contributed by atoms with Crippen LogP contribution in [0.1, 0.15) is 32.1 Å². The van der Waals surface area contributed by atoms with Gasteiger partial charge in [0.05, 0.1) is 21.3 Å². The summed E-state index contributed by atoms with van der Waals surface area (Å²) in [4.78, 5) is 0.0104. The van der Waals surface area contributed by atoms with Gasteiger partial charge in [-0.15, -0.1) is 0 Å². The highest BCUT2D eigenvalue weighted by atomic mass is 32.2. The number of sulfonamides is 1. The first-order chi connectivity index (χ1) is 12.4. The Bertz CT molecular complexity index is 713. The first kappa shape index (κ1) is 19.3. The van der Waals surface area contributed by atoms with Gasteiger partial charge in [-0.05, 0) is 37.5 Å². The van der Waals surface area contributed by atoms with Crippen molar-refractivity contribution in [3.8, 4) is 17.2 Å². The Labute approximate surface area is 155 Å². The predicted molar refractivity (Wildman–Crippen MR) is 98.2 cm³/mol. The van der Waals surface area contributed by atoms with Gasteiger partial charge in [0.2, 0.25) is 10.0 Å². The Kier molecular flexibility index (Phi) is 5.64. The van der Waals surface area contributed by atoms with E-state index in [4.69, 9.17) is 19.9 Å². The SMILES string of the molecule is COc1cc(OC)c(S(=O)(=O)NC2C3CCCC2CC(N)C3)c(OC)c1. The number of fused-ring (bicyclic) bond motifs is 2. The molecule has 2 aliphatic rings. The maximum atomic E-state index is 13.2. The Morgan fingerprint density at radius 3 is 2.00 bits per heavy atom. The lowest BCUT2D eigenvalue weighted by atomic mass is 9.67. The van der Waals surface area contributed by atoms with Gasteiger partial charge in [-0.3, -0.25) is 0 Å². The van der Waals surface area contributed by atoms with Crippen molar-refractivity contribution in [2.45, 2.75) is 49.1 Å². The summed E-state index contributed by atoms with van der Waals surface area (Å²) in [6, 6.07) is 3.17. The second kappa shape index (κ2) is 7.62. The van der Waals surface area contributed by atoms with Crippen LogP contribution in [0.5, 0.6) is 17.2 Å². The van der Waals surface area contributed by atoms with Gasteiger partial charge in [-0.25, -0.2) is 13.1 Å². The van der Waals surface area contributed by atoms with E-state index >= 15 is 0 Å². The van der Waals surface area contributed by atoms with E-state index in [1.54, 1.807) is 12.1 Å². The smallest absolute Gasteiger partial charge is 0.248 e. The molecule has 2 atom stereocenters. The summed E-state index contributed by atoms with van der Waals surface area (Å²) in [5.74, 6) is 1.43. The molecule has 0 spiro atoms. The third-order valence-corrected chi connectivity index (χ3v) is 7.13. The number of methoxy groups -OCH3 is 3. The predicted octanol–water partition coefficient (Wildman–Crippen LogP) is 1.90. The summed E-state index contributed by atoms with van der Waals surface area (Å²) < 4.78 is 45.2. The highest BCUT2D eigenvalue weighted by Crippen LogP contribution is 2.42. The van der Waals surface area contributed by atoms with E-state index in [-0.39, 0.29) is 40.3 Å². The zero-order valence-corrected chi connectivity index (χ0v) is 16.3. The van der Waals surface area contributed by atoms with Crippen molar-refractivity contribution in [1.82, 2.24) is 4.72 Å². The lowest BCUT2D eigenvalue weighted by molar-refractivity contribution is 0.125. The summed E-state index contributed by atoms with van der Waals surface area (Å²) in [5, 5.41) is 0. The van der Waals surface area contributed by atoms with Crippen molar-refractivity contribution < 1.29 is 22.6 Å². The fourth-order valence-electron chi connectivity index (χ4n) is 4.46. The summed E-state index contributed by atoms with van der Waals surface area (Å²) in [6.07, 6.45) is 4.87. The Morgan fingerprint density at radius 1 is 1.00 bits per heavy atom. The molecule has 7 nitrogen and oxygen atoms in total. The number of benzene rings is 1. The first-order valence-corrected chi connectivity index (χ1v) is 10.5. The molecule has 0 aromatic heterocycles. The van der Waals surface area contributed by atoms with Gasteiger partial charge in [0.1, 0.15) is 17.2 Å². The molecule has 2 fully saturated rings. The summed E-state index contributed by atoms with van der Waals surface area (Å²) in [7, 11) is 0.545. The largest absolute Gasteiger partial charge is 0.496 e. The summed E-state index contributed by atoms with van der Waals surface area (Å²) in [5.41, 5.74) is 6.15. The zero-order chi connectivity index (χ0) is 18.9. The average molecular weight is 384 g/mol. The molecule has 0 radical (unpaired) electrons. The molecular weight excluding hydrogens is 356 g/mol. The van der Waals surface area contributed by atoms with Gasteiger partial charge in [0, 0.05) is 24.2 Å². The number of hydrogen-bond acceptors (Lipinski definition) is 6. The van der Waals surface area contributed by atoms with Crippen molar-refractivity contribution in [3.05, 3.63) is 12.1 Å². The van der Waals surface area contributed by atoms with Crippen molar-refractivity contribution in [2.75, 3.05) is 21.3 Å². The van der Waals surface area contributed by atoms with Crippen molar-refractivity contribution in [3.63, 3.8) is 0 Å². The van der Waals surface area contributed by atoms with E-state index in [2.05, 4.69) is 4.72 Å². The van der Waals surface area contributed by atoms with Gasteiger partial charge in [0.15, 0.2) is 4.90 Å². The van der Waals surface area contributed by atoms with Gasteiger partial charge in [-0.2, -0.15) is 0 Å². The van der Waals surface area contributed by atoms with Gasteiger partial charge in [0.25, 0.3) is 0 Å². The van der Waals surface area contributed by atoms with E-state index in [1.807, 2.05) is 0 Å². The first-order valence-electron chi connectivity index (χ1n) is 8.97. The minimum Gasteiger partial charge on any atom is -0.496 e. The highest BCUT2D eigenvalue weighted by Gasteiger charge is 2.42. The van der Waals surface area contributed by atoms with Crippen LogP contribution in [-0.4, -0.2) is 41.8 Å². The number of nitrogens with two attached hydrogens (primary N) is 1. The number of ether oxygens (including phenoxy) is 3. The highest BCUT2D eigenvalue weighted by molar-refractivity contribution is 7.89. The molecule has 146 valence electrons. The van der Waals surface area contributed by atoms with Crippen LogP contribution in [0.2, 0.25) is 0 Å². The van der Waals surface area contributed by atoms with E-state index in [1.165, 1.54) is 21.3 Å². The average Bonchev–Trinajstić information content (AvgIpc) is 2.60. The van der Waals surface area contributed by atoms with Crippen molar-refractivity contribution in [1.29, 1.82) is 0 Å². The minimum atomic E-state index is -3.83. The molecule has 2 aliphatic carbocycles. The summed E-state index contributed by atoms with van der Waals surface area (Å²) >= 11 is 0. The quantitative estimate of drug-likeness (QED) is 0.777. The molecule has 1 aromatic carbocycles. The fourth-order valence-corrected chi connectivity index (χ4v) is 6.13. The van der Waals surface area contributed by atoms with Gasteiger partial charge < -0.3 is 19.9 Å². The second-order valence-corrected chi connectivity index (χ2v) is 8.84. The van der Waals surface area contributed by atoms with Crippen LogP contribution in [-0.2, 0) is 10.0 Å². The Morgan fingerprint density at radius 2 is 1.54 bits per heavy atom. The van der Waals surface area contributed by atoms with Crippen LogP contribution in [0.4, 0.5) is 0 Å². The molecule has 8 heteroatoms. The fraction of sp³-hybridized carbons (Fsp3) is 0.667. The van der Waals surface area contributed by atoms with E-state index in [0.717, 1.165) is 32.1 Å². The molecule has 0 amide bonds. The maximum Gasteiger partial charge on any atom is 0.248 e. The molecule has 3 rings (SSSR count). The van der Waals surface area contributed by atoms with Gasteiger partial charge in [-0.1, -0.05) is 6.42 Å². The molecule has 1 aromatic rings. The Hall–Kier alpha value is -1.51. The number of hydrogen-bond donors (Lipinski definition) is 2. The van der Waals surface area contributed by atoms with Crippen LogP contribution in [0.3, 0.4) is 0 Å². The molecule has 26 heavy (non-hydrogen) atoms.